The van der Waals surface area contributed by atoms with Crippen molar-refractivity contribution in [3.63, 3.8) is 0 Å². The number of hydrogen-bond donors (Lipinski definition) is 2. The molecule has 2 heterocycles. The minimum Gasteiger partial charge on any atom is -0.477 e. The van der Waals surface area contributed by atoms with Crippen LogP contribution in [0.15, 0.2) is 46.7 Å². The Kier molecular flexibility index (Phi) is 5.53. The molecule has 1 aromatic heterocycles. The number of benzene rings is 1. The number of likely N-dealkylation sites (tertiary alicyclic amines) is 1. The summed E-state index contributed by atoms with van der Waals surface area (Å²) in [7, 11) is -3.70. The summed E-state index contributed by atoms with van der Waals surface area (Å²) < 4.78 is 27.7. The Bertz CT molecular complexity index is 833. The molecule has 1 fully saturated rings. The molecule has 0 aliphatic carbocycles. The zero-order valence-electron chi connectivity index (χ0n) is 13.6. The smallest absolute Gasteiger partial charge is 0.345 e. The van der Waals surface area contributed by atoms with Gasteiger partial charge < -0.3 is 5.11 Å². The number of carboxylic acids is 1. The summed E-state index contributed by atoms with van der Waals surface area (Å²) in [6.45, 7) is 2.37. The van der Waals surface area contributed by atoms with Crippen LogP contribution in [0.2, 0.25) is 0 Å². The van der Waals surface area contributed by atoms with Crippen LogP contribution in [0.5, 0.6) is 0 Å². The highest BCUT2D eigenvalue weighted by molar-refractivity contribution is 7.89. The van der Waals surface area contributed by atoms with E-state index in [9.17, 15) is 13.2 Å². The van der Waals surface area contributed by atoms with Crippen molar-refractivity contribution >= 4 is 27.3 Å². The predicted molar refractivity (Wildman–Crippen MR) is 96.3 cm³/mol. The monoisotopic (exact) mass is 380 g/mol. The molecule has 1 aromatic carbocycles. The van der Waals surface area contributed by atoms with Gasteiger partial charge >= 0.3 is 5.97 Å². The zero-order valence-corrected chi connectivity index (χ0v) is 15.2. The number of aromatic carboxylic acids is 1. The van der Waals surface area contributed by atoms with Gasteiger partial charge in [-0.1, -0.05) is 30.3 Å². The second kappa shape index (κ2) is 7.65. The van der Waals surface area contributed by atoms with E-state index < -0.39 is 16.0 Å². The van der Waals surface area contributed by atoms with Crippen molar-refractivity contribution in [2.45, 2.75) is 30.3 Å². The number of piperidine rings is 1. The van der Waals surface area contributed by atoms with Gasteiger partial charge in [0.15, 0.2) is 0 Å². The van der Waals surface area contributed by atoms with E-state index in [1.54, 1.807) is 0 Å². The molecule has 0 amide bonds. The van der Waals surface area contributed by atoms with Crippen LogP contribution in [0, 0.1) is 0 Å². The molecular formula is C17H20N2O4S2. The summed E-state index contributed by atoms with van der Waals surface area (Å²) in [6, 6.07) is 11.1. The van der Waals surface area contributed by atoms with Crippen LogP contribution in [0.25, 0.3) is 0 Å². The maximum absolute atomic E-state index is 12.5. The van der Waals surface area contributed by atoms with Gasteiger partial charge in [-0.15, -0.1) is 11.3 Å². The lowest BCUT2D eigenvalue weighted by atomic mass is 10.1. The standard InChI is InChI=1S/C17H20N2O4S2/c20-17(21)16-9-15(12-24-16)25(22,23)18-14-7-4-8-19(11-14)10-13-5-2-1-3-6-13/h1-3,5-6,9,12,14,18H,4,7-8,10-11H2,(H,20,21)/t14-/m0/s1. The number of nitrogens with one attached hydrogen (secondary N) is 1. The Morgan fingerprint density at radius 1 is 1.32 bits per heavy atom. The Morgan fingerprint density at radius 2 is 2.08 bits per heavy atom. The van der Waals surface area contributed by atoms with Gasteiger partial charge in [0.1, 0.15) is 4.88 Å². The average Bonchev–Trinajstić information content (AvgIpc) is 3.07. The fourth-order valence-electron chi connectivity index (χ4n) is 3.00. The molecule has 0 saturated carbocycles. The molecule has 2 N–H and O–H groups in total. The van der Waals surface area contributed by atoms with E-state index in [2.05, 4.69) is 21.8 Å². The van der Waals surface area contributed by atoms with Gasteiger partial charge in [0.25, 0.3) is 0 Å². The Labute approximate surface area is 151 Å². The summed E-state index contributed by atoms with van der Waals surface area (Å²) >= 11 is 0.920. The van der Waals surface area contributed by atoms with Crippen molar-refractivity contribution in [1.82, 2.24) is 9.62 Å². The van der Waals surface area contributed by atoms with Gasteiger partial charge in [-0.3, -0.25) is 4.90 Å². The van der Waals surface area contributed by atoms with Gasteiger partial charge in [-0.25, -0.2) is 17.9 Å². The molecule has 1 saturated heterocycles. The fraction of sp³-hybridized carbons (Fsp3) is 0.353. The lowest BCUT2D eigenvalue weighted by Crippen LogP contribution is -2.47. The summed E-state index contributed by atoms with van der Waals surface area (Å²) in [5.41, 5.74) is 1.20. The van der Waals surface area contributed by atoms with Crippen LogP contribution in [0.3, 0.4) is 0 Å². The van der Waals surface area contributed by atoms with Crippen LogP contribution >= 0.6 is 11.3 Å². The van der Waals surface area contributed by atoms with Gasteiger partial charge in [0.05, 0.1) is 4.90 Å². The SMILES string of the molecule is O=C(O)c1cc(S(=O)(=O)N[C@H]2CCCN(Cc3ccccc3)C2)cs1. The highest BCUT2D eigenvalue weighted by Crippen LogP contribution is 2.21. The Balaban J connectivity index is 1.64. The quantitative estimate of drug-likeness (QED) is 0.804. The molecule has 0 bridgehead atoms. The highest BCUT2D eigenvalue weighted by atomic mass is 32.2. The van der Waals surface area contributed by atoms with Crippen LogP contribution < -0.4 is 4.72 Å². The van der Waals surface area contributed by atoms with E-state index in [4.69, 9.17) is 5.11 Å². The van der Waals surface area contributed by atoms with E-state index >= 15 is 0 Å². The number of sulfonamides is 1. The molecule has 0 unspecified atom stereocenters. The number of carbonyl (C=O) groups is 1. The normalized spacial score (nSPS) is 19.0. The first-order valence-corrected chi connectivity index (χ1v) is 10.4. The molecule has 25 heavy (non-hydrogen) atoms. The summed E-state index contributed by atoms with van der Waals surface area (Å²) in [6.07, 6.45) is 1.70. The van der Waals surface area contributed by atoms with Crippen LogP contribution in [0.4, 0.5) is 0 Å². The molecule has 1 atom stereocenters. The average molecular weight is 380 g/mol. The first-order chi connectivity index (χ1) is 11.9. The maximum Gasteiger partial charge on any atom is 0.345 e. The minimum atomic E-state index is -3.70. The number of nitrogens with zero attached hydrogens (tertiary/aromatic N) is 1. The predicted octanol–water partition coefficient (Wildman–Crippen LogP) is 2.39. The van der Waals surface area contributed by atoms with Crippen molar-refractivity contribution in [1.29, 1.82) is 0 Å². The van der Waals surface area contributed by atoms with E-state index in [1.807, 2.05) is 18.2 Å². The molecule has 3 rings (SSSR count). The molecule has 1 aliphatic heterocycles. The van der Waals surface area contributed by atoms with Crippen molar-refractivity contribution in [3.05, 3.63) is 52.2 Å². The first-order valence-electron chi connectivity index (χ1n) is 8.04. The van der Waals surface area contributed by atoms with Crippen LogP contribution in [-0.4, -0.2) is 43.5 Å². The third kappa shape index (κ3) is 4.66. The van der Waals surface area contributed by atoms with Crippen molar-refractivity contribution in [2.75, 3.05) is 13.1 Å². The van der Waals surface area contributed by atoms with Gasteiger partial charge in [-0.2, -0.15) is 0 Å². The van der Waals surface area contributed by atoms with E-state index in [-0.39, 0.29) is 15.8 Å². The van der Waals surface area contributed by atoms with Crippen molar-refractivity contribution in [2.24, 2.45) is 0 Å². The largest absolute Gasteiger partial charge is 0.477 e. The van der Waals surface area contributed by atoms with Crippen molar-refractivity contribution < 1.29 is 18.3 Å². The van der Waals surface area contributed by atoms with Gasteiger partial charge in [-0.05, 0) is 31.0 Å². The zero-order chi connectivity index (χ0) is 17.9. The summed E-state index contributed by atoms with van der Waals surface area (Å²) in [5, 5.41) is 10.3. The molecule has 8 heteroatoms. The topological polar surface area (TPSA) is 86.7 Å². The van der Waals surface area contributed by atoms with Gasteiger partial charge in [0, 0.05) is 24.5 Å². The molecule has 1 aliphatic rings. The van der Waals surface area contributed by atoms with E-state index in [0.29, 0.717) is 6.54 Å². The van der Waals surface area contributed by atoms with Crippen LogP contribution in [0.1, 0.15) is 28.1 Å². The molecular weight excluding hydrogens is 360 g/mol. The van der Waals surface area contributed by atoms with Crippen molar-refractivity contribution in [3.8, 4) is 0 Å². The van der Waals surface area contributed by atoms with Gasteiger partial charge in [0.2, 0.25) is 10.0 Å². The number of hydrogen-bond acceptors (Lipinski definition) is 5. The first kappa shape index (κ1) is 18.1. The fourth-order valence-corrected chi connectivity index (χ4v) is 5.37. The van der Waals surface area contributed by atoms with E-state index in [0.717, 1.165) is 37.3 Å². The maximum atomic E-state index is 12.5. The summed E-state index contributed by atoms with van der Waals surface area (Å²) in [5.74, 6) is -1.11. The molecule has 134 valence electrons. The molecule has 6 nitrogen and oxygen atoms in total. The molecule has 0 spiro atoms. The molecule has 2 aromatic rings. The number of rotatable bonds is 6. The lowest BCUT2D eigenvalue weighted by Gasteiger charge is -2.32. The number of carboxylic acid groups (broad SMARTS) is 1. The Hall–Kier alpha value is -1.74. The Morgan fingerprint density at radius 3 is 2.76 bits per heavy atom. The van der Waals surface area contributed by atoms with Crippen LogP contribution in [-0.2, 0) is 16.6 Å². The minimum absolute atomic E-state index is 0.0229. The number of thiophene rings is 1. The summed E-state index contributed by atoms with van der Waals surface area (Å²) in [4.78, 5) is 13.2. The van der Waals surface area contributed by atoms with E-state index in [1.165, 1.54) is 17.0 Å². The third-order valence-corrected chi connectivity index (χ3v) is 6.74. The third-order valence-electron chi connectivity index (χ3n) is 4.17. The second-order valence-electron chi connectivity index (χ2n) is 6.13. The second-order valence-corrected chi connectivity index (χ2v) is 8.76. The highest BCUT2D eigenvalue weighted by Gasteiger charge is 2.26. The molecule has 0 radical (unpaired) electrons. The lowest BCUT2D eigenvalue weighted by molar-refractivity contribution is 0.0702.